The van der Waals surface area contributed by atoms with E-state index in [1.54, 1.807) is 0 Å². The predicted molar refractivity (Wildman–Crippen MR) is 91.7 cm³/mol. The van der Waals surface area contributed by atoms with Gasteiger partial charge in [-0.25, -0.2) is 0 Å². The van der Waals surface area contributed by atoms with E-state index in [4.69, 9.17) is 4.74 Å². The van der Waals surface area contributed by atoms with Gasteiger partial charge >= 0.3 is 5.97 Å². The van der Waals surface area contributed by atoms with Crippen LogP contribution < -0.4 is 4.90 Å². The molecule has 2 atom stereocenters. The predicted octanol–water partition coefficient (Wildman–Crippen LogP) is 3.55. The van der Waals surface area contributed by atoms with Crippen molar-refractivity contribution in [1.29, 1.82) is 0 Å². The Bertz CT molecular complexity index is 604. The molecule has 1 aromatic carbocycles. The molecular weight excluding hydrogens is 290 g/mol. The highest BCUT2D eigenvalue weighted by Crippen LogP contribution is 2.57. The zero-order valence-electron chi connectivity index (χ0n) is 15.0. The molecule has 0 amide bonds. The highest BCUT2D eigenvalue weighted by molar-refractivity contribution is 5.99. The van der Waals surface area contributed by atoms with E-state index in [9.17, 15) is 9.59 Å². The van der Waals surface area contributed by atoms with Gasteiger partial charge in [-0.1, -0.05) is 13.8 Å². The molecule has 1 fully saturated rings. The first kappa shape index (κ1) is 17.5. The molecule has 4 heteroatoms. The quantitative estimate of drug-likeness (QED) is 0.629. The van der Waals surface area contributed by atoms with Gasteiger partial charge in [0.2, 0.25) is 0 Å². The summed E-state index contributed by atoms with van der Waals surface area (Å²) in [6.45, 7) is 5.93. The van der Waals surface area contributed by atoms with Crippen LogP contribution in [0.3, 0.4) is 0 Å². The lowest BCUT2D eigenvalue weighted by atomic mass is 9.64. The smallest absolute Gasteiger partial charge is 0.312 e. The van der Waals surface area contributed by atoms with Crippen molar-refractivity contribution in [1.82, 2.24) is 0 Å². The average Bonchev–Trinajstić information content (AvgIpc) is 2.77. The number of rotatable bonds is 4. The SMILES string of the molecule is COC(=O)[C@]1(C)CC[C@@H](C(=O)c2ccc(N(C)C)cc2)C1(C)C. The summed E-state index contributed by atoms with van der Waals surface area (Å²) in [6, 6.07) is 7.66. The number of methoxy groups -OCH3 is 1. The molecule has 0 unspecified atom stereocenters. The molecule has 0 aliphatic heterocycles. The van der Waals surface area contributed by atoms with Gasteiger partial charge < -0.3 is 9.64 Å². The third-order valence-corrected chi connectivity index (χ3v) is 5.85. The van der Waals surface area contributed by atoms with Gasteiger partial charge in [-0.3, -0.25) is 9.59 Å². The van der Waals surface area contributed by atoms with E-state index in [1.165, 1.54) is 7.11 Å². The lowest BCUT2D eigenvalue weighted by molar-refractivity contribution is -0.157. The number of ketones is 1. The molecular formula is C19H27NO3. The number of carbonyl (C=O) groups is 2. The number of benzene rings is 1. The molecule has 126 valence electrons. The zero-order chi connectivity index (χ0) is 17.4. The van der Waals surface area contributed by atoms with E-state index in [-0.39, 0.29) is 17.7 Å². The molecule has 1 aromatic rings. The first-order valence-electron chi connectivity index (χ1n) is 8.05. The summed E-state index contributed by atoms with van der Waals surface area (Å²) in [6.07, 6.45) is 1.39. The van der Waals surface area contributed by atoms with Crippen LogP contribution in [0.2, 0.25) is 0 Å². The molecule has 23 heavy (non-hydrogen) atoms. The maximum atomic E-state index is 13.0. The van der Waals surface area contributed by atoms with Crippen LogP contribution in [0.4, 0.5) is 5.69 Å². The number of Topliss-reactive ketones (excluding diaryl/α,β-unsaturated/α-hetero) is 1. The van der Waals surface area contributed by atoms with Crippen LogP contribution in [0, 0.1) is 16.7 Å². The van der Waals surface area contributed by atoms with Crippen molar-refractivity contribution in [2.45, 2.75) is 33.6 Å². The largest absolute Gasteiger partial charge is 0.469 e. The van der Waals surface area contributed by atoms with Crippen LogP contribution in [-0.4, -0.2) is 33.0 Å². The molecule has 0 heterocycles. The normalized spacial score (nSPS) is 25.9. The second-order valence-electron chi connectivity index (χ2n) is 7.44. The van der Waals surface area contributed by atoms with Crippen molar-refractivity contribution in [2.75, 3.05) is 26.1 Å². The Hall–Kier alpha value is -1.84. The van der Waals surface area contributed by atoms with Gasteiger partial charge in [-0.15, -0.1) is 0 Å². The highest BCUT2D eigenvalue weighted by atomic mass is 16.5. The Morgan fingerprint density at radius 3 is 2.17 bits per heavy atom. The van der Waals surface area contributed by atoms with E-state index in [0.717, 1.165) is 5.69 Å². The van der Waals surface area contributed by atoms with Crippen molar-refractivity contribution >= 4 is 17.4 Å². The molecule has 4 nitrogen and oxygen atoms in total. The highest BCUT2D eigenvalue weighted by Gasteiger charge is 2.58. The number of ether oxygens (including phenoxy) is 1. The van der Waals surface area contributed by atoms with Gasteiger partial charge in [0, 0.05) is 31.3 Å². The summed E-state index contributed by atoms with van der Waals surface area (Å²) >= 11 is 0. The summed E-state index contributed by atoms with van der Waals surface area (Å²) in [5.41, 5.74) is 0.720. The Morgan fingerprint density at radius 2 is 1.70 bits per heavy atom. The van der Waals surface area contributed by atoms with Gasteiger partial charge in [0.25, 0.3) is 0 Å². The van der Waals surface area contributed by atoms with Crippen LogP contribution in [0.5, 0.6) is 0 Å². The molecule has 0 spiro atoms. The Balaban J connectivity index is 2.28. The van der Waals surface area contributed by atoms with E-state index >= 15 is 0 Å². The molecule has 2 rings (SSSR count). The van der Waals surface area contributed by atoms with Crippen LogP contribution >= 0.6 is 0 Å². The van der Waals surface area contributed by atoms with Crippen molar-refractivity contribution in [3.63, 3.8) is 0 Å². The molecule has 0 radical (unpaired) electrons. The third-order valence-electron chi connectivity index (χ3n) is 5.85. The van der Waals surface area contributed by atoms with Gasteiger partial charge in [0.05, 0.1) is 12.5 Å². The van der Waals surface area contributed by atoms with E-state index in [2.05, 4.69) is 0 Å². The molecule has 0 bridgehead atoms. The van der Waals surface area contributed by atoms with Crippen LogP contribution in [-0.2, 0) is 9.53 Å². The lowest BCUT2D eigenvalue weighted by Crippen LogP contribution is -2.43. The minimum atomic E-state index is -0.619. The van der Waals surface area contributed by atoms with E-state index < -0.39 is 10.8 Å². The van der Waals surface area contributed by atoms with Crippen molar-refractivity contribution in [3.8, 4) is 0 Å². The number of hydrogen-bond donors (Lipinski definition) is 0. The van der Waals surface area contributed by atoms with Crippen molar-refractivity contribution in [2.24, 2.45) is 16.7 Å². The Kier molecular flexibility index (Phi) is 4.56. The number of anilines is 1. The van der Waals surface area contributed by atoms with Crippen LogP contribution in [0.1, 0.15) is 44.0 Å². The summed E-state index contributed by atoms with van der Waals surface area (Å²) in [7, 11) is 5.36. The van der Waals surface area contributed by atoms with Gasteiger partial charge in [-0.05, 0) is 49.4 Å². The van der Waals surface area contributed by atoms with E-state index in [0.29, 0.717) is 18.4 Å². The summed E-state index contributed by atoms with van der Waals surface area (Å²) < 4.78 is 4.99. The minimum Gasteiger partial charge on any atom is -0.469 e. The Labute approximate surface area is 138 Å². The van der Waals surface area contributed by atoms with Gasteiger partial charge in [0.1, 0.15) is 0 Å². The van der Waals surface area contributed by atoms with Crippen LogP contribution in [0.15, 0.2) is 24.3 Å². The molecule has 0 N–H and O–H groups in total. The first-order valence-corrected chi connectivity index (χ1v) is 8.05. The number of hydrogen-bond acceptors (Lipinski definition) is 4. The average molecular weight is 317 g/mol. The molecule has 0 saturated heterocycles. The molecule has 1 saturated carbocycles. The maximum absolute atomic E-state index is 13.0. The Morgan fingerprint density at radius 1 is 1.13 bits per heavy atom. The second kappa shape index (κ2) is 5.99. The first-order chi connectivity index (χ1) is 10.6. The fourth-order valence-corrected chi connectivity index (χ4v) is 3.67. The lowest BCUT2D eigenvalue weighted by Gasteiger charge is -2.38. The van der Waals surface area contributed by atoms with E-state index in [1.807, 2.05) is 64.0 Å². The standard InChI is InChI=1S/C19H27NO3/c1-18(2)15(11-12-19(18,3)17(22)23-6)16(21)13-7-9-14(10-8-13)20(4)5/h7-10,15H,11-12H2,1-6H3/t15-,19-/m0/s1. The molecule has 1 aliphatic rings. The summed E-state index contributed by atoms with van der Waals surface area (Å²) in [4.78, 5) is 27.2. The minimum absolute atomic E-state index is 0.118. The van der Waals surface area contributed by atoms with Crippen LogP contribution in [0.25, 0.3) is 0 Å². The summed E-state index contributed by atoms with van der Waals surface area (Å²) in [5, 5.41) is 0. The fourth-order valence-electron chi connectivity index (χ4n) is 3.67. The third kappa shape index (κ3) is 2.75. The monoisotopic (exact) mass is 317 g/mol. The van der Waals surface area contributed by atoms with Gasteiger partial charge in [0.15, 0.2) is 5.78 Å². The number of nitrogens with zero attached hydrogens (tertiary/aromatic N) is 1. The zero-order valence-corrected chi connectivity index (χ0v) is 15.0. The van der Waals surface area contributed by atoms with Crippen molar-refractivity contribution in [3.05, 3.63) is 29.8 Å². The topological polar surface area (TPSA) is 46.6 Å². The maximum Gasteiger partial charge on any atom is 0.312 e. The van der Waals surface area contributed by atoms with Gasteiger partial charge in [-0.2, -0.15) is 0 Å². The number of esters is 1. The fraction of sp³-hybridized carbons (Fsp3) is 0.579. The molecule has 1 aliphatic carbocycles. The number of carbonyl (C=O) groups excluding carboxylic acids is 2. The molecule has 0 aromatic heterocycles. The van der Waals surface area contributed by atoms with Crippen molar-refractivity contribution < 1.29 is 14.3 Å². The summed E-state index contributed by atoms with van der Waals surface area (Å²) in [5.74, 6) is -0.273. The second-order valence-corrected chi connectivity index (χ2v) is 7.44.